The van der Waals surface area contributed by atoms with E-state index in [2.05, 4.69) is 25.7 Å². The minimum absolute atomic E-state index is 0.0444. The third kappa shape index (κ3) is 3.26. The third-order valence-electron chi connectivity index (χ3n) is 3.92. The predicted molar refractivity (Wildman–Crippen MR) is 81.3 cm³/mol. The quantitative estimate of drug-likeness (QED) is 0.817. The summed E-state index contributed by atoms with van der Waals surface area (Å²) in [6.07, 6.45) is 0. The Balaban J connectivity index is 2.21. The van der Waals surface area contributed by atoms with Crippen LogP contribution >= 0.6 is 0 Å². The van der Waals surface area contributed by atoms with Crippen LogP contribution in [-0.4, -0.2) is 47.7 Å². The molecular weight excluding hydrogens is 273 g/mol. The van der Waals surface area contributed by atoms with Gasteiger partial charge in [-0.25, -0.2) is 9.18 Å². The van der Waals surface area contributed by atoms with E-state index in [-0.39, 0.29) is 16.8 Å². The topological polar surface area (TPSA) is 69.8 Å². The van der Waals surface area contributed by atoms with Gasteiger partial charge < -0.3 is 15.7 Å². The van der Waals surface area contributed by atoms with Gasteiger partial charge in [-0.2, -0.15) is 0 Å². The van der Waals surface area contributed by atoms with Crippen LogP contribution in [0.1, 0.15) is 31.1 Å². The number of nitrogen functional groups attached to an aromatic ring is 1. The summed E-state index contributed by atoms with van der Waals surface area (Å²) in [5.74, 6) is -1.61. The second kappa shape index (κ2) is 5.52. The van der Waals surface area contributed by atoms with Crippen LogP contribution < -0.4 is 10.6 Å². The molecule has 0 amide bonds. The number of anilines is 2. The van der Waals surface area contributed by atoms with Crippen LogP contribution in [0.3, 0.4) is 0 Å². The number of rotatable bonds is 2. The van der Waals surface area contributed by atoms with Crippen molar-refractivity contribution in [1.82, 2.24) is 4.90 Å². The first-order valence-electron chi connectivity index (χ1n) is 7.02. The standard InChI is InChI=1S/C15H22FN3O2/c1-15(2,3)19-6-4-18(5-7-19)13-8-10(14(20)21)12(17)9-11(13)16/h8-9H,4-7,17H2,1-3H3,(H,20,21). The number of halogens is 1. The molecule has 21 heavy (non-hydrogen) atoms. The lowest BCUT2D eigenvalue weighted by atomic mass is 10.0. The largest absolute Gasteiger partial charge is 0.478 e. The molecule has 0 spiro atoms. The van der Waals surface area contributed by atoms with Gasteiger partial charge in [-0.05, 0) is 32.9 Å². The first-order valence-corrected chi connectivity index (χ1v) is 7.02. The maximum Gasteiger partial charge on any atom is 0.337 e. The van der Waals surface area contributed by atoms with E-state index >= 15 is 0 Å². The zero-order chi connectivity index (χ0) is 15.8. The van der Waals surface area contributed by atoms with Gasteiger partial charge in [0.25, 0.3) is 0 Å². The second-order valence-corrected chi connectivity index (χ2v) is 6.34. The van der Waals surface area contributed by atoms with Crippen LogP contribution in [-0.2, 0) is 0 Å². The van der Waals surface area contributed by atoms with Gasteiger partial charge in [-0.1, -0.05) is 0 Å². The molecule has 0 aliphatic carbocycles. The van der Waals surface area contributed by atoms with Crippen LogP contribution in [0.25, 0.3) is 0 Å². The number of nitrogens with zero attached hydrogens (tertiary/aromatic N) is 2. The van der Waals surface area contributed by atoms with Gasteiger partial charge in [0.1, 0.15) is 5.82 Å². The van der Waals surface area contributed by atoms with E-state index in [0.29, 0.717) is 18.8 Å². The van der Waals surface area contributed by atoms with Crippen molar-refractivity contribution >= 4 is 17.3 Å². The van der Waals surface area contributed by atoms with Crippen LogP contribution in [0.15, 0.2) is 12.1 Å². The summed E-state index contributed by atoms with van der Waals surface area (Å²) < 4.78 is 14.1. The lowest BCUT2D eigenvalue weighted by Crippen LogP contribution is -2.53. The molecule has 6 heteroatoms. The van der Waals surface area contributed by atoms with Gasteiger partial charge in [0, 0.05) is 37.4 Å². The van der Waals surface area contributed by atoms with Gasteiger partial charge in [-0.3, -0.25) is 4.90 Å². The highest BCUT2D eigenvalue weighted by Gasteiger charge is 2.27. The average molecular weight is 295 g/mol. The fourth-order valence-electron chi connectivity index (χ4n) is 2.62. The Morgan fingerprint density at radius 1 is 1.24 bits per heavy atom. The smallest absolute Gasteiger partial charge is 0.337 e. The van der Waals surface area contributed by atoms with Gasteiger partial charge in [0.2, 0.25) is 0 Å². The summed E-state index contributed by atoms with van der Waals surface area (Å²) in [5.41, 5.74) is 5.85. The lowest BCUT2D eigenvalue weighted by molar-refractivity contribution is 0.0698. The van der Waals surface area contributed by atoms with Crippen molar-refractivity contribution in [3.05, 3.63) is 23.5 Å². The molecule has 0 radical (unpaired) electrons. The van der Waals surface area contributed by atoms with Crippen molar-refractivity contribution in [1.29, 1.82) is 0 Å². The molecule has 1 aliphatic rings. The summed E-state index contributed by atoms with van der Waals surface area (Å²) in [4.78, 5) is 15.3. The van der Waals surface area contributed by atoms with Crippen LogP contribution in [0.4, 0.5) is 15.8 Å². The minimum Gasteiger partial charge on any atom is -0.478 e. The van der Waals surface area contributed by atoms with E-state index in [4.69, 9.17) is 10.8 Å². The average Bonchev–Trinajstić information content (AvgIpc) is 2.37. The van der Waals surface area contributed by atoms with Gasteiger partial charge in [0.05, 0.1) is 11.3 Å². The molecule has 116 valence electrons. The Kier molecular flexibility index (Phi) is 4.09. The van der Waals surface area contributed by atoms with Crippen molar-refractivity contribution < 1.29 is 14.3 Å². The molecule has 0 saturated carbocycles. The molecule has 3 N–H and O–H groups in total. The van der Waals surface area contributed by atoms with E-state index in [1.54, 1.807) is 0 Å². The van der Waals surface area contributed by atoms with E-state index in [9.17, 15) is 9.18 Å². The summed E-state index contributed by atoms with van der Waals surface area (Å²) in [6, 6.07) is 2.43. The molecule has 1 aliphatic heterocycles. The van der Waals surface area contributed by atoms with Crippen molar-refractivity contribution in [3.8, 4) is 0 Å². The first kappa shape index (κ1) is 15.6. The van der Waals surface area contributed by atoms with Crippen LogP contribution in [0.5, 0.6) is 0 Å². The zero-order valence-corrected chi connectivity index (χ0v) is 12.7. The highest BCUT2D eigenvalue weighted by atomic mass is 19.1. The minimum atomic E-state index is -1.14. The second-order valence-electron chi connectivity index (χ2n) is 6.34. The highest BCUT2D eigenvalue weighted by molar-refractivity contribution is 5.95. The Morgan fingerprint density at radius 3 is 2.29 bits per heavy atom. The molecule has 0 unspecified atom stereocenters. The molecule has 0 aromatic heterocycles. The summed E-state index contributed by atoms with van der Waals surface area (Å²) >= 11 is 0. The molecule has 1 saturated heterocycles. The third-order valence-corrected chi connectivity index (χ3v) is 3.92. The molecule has 0 bridgehead atoms. The molecule has 2 rings (SSSR count). The molecule has 1 heterocycles. The van der Waals surface area contributed by atoms with Crippen molar-refractivity contribution in [2.75, 3.05) is 36.8 Å². The highest BCUT2D eigenvalue weighted by Crippen LogP contribution is 2.27. The lowest BCUT2D eigenvalue weighted by Gasteiger charge is -2.43. The number of piperazine rings is 1. The Labute approximate surface area is 124 Å². The molecule has 5 nitrogen and oxygen atoms in total. The number of aromatic carboxylic acids is 1. The van der Waals surface area contributed by atoms with E-state index in [0.717, 1.165) is 19.2 Å². The summed E-state index contributed by atoms with van der Waals surface area (Å²) in [5, 5.41) is 9.10. The number of nitrogens with two attached hydrogens (primary N) is 1. The normalized spacial score (nSPS) is 17.0. The number of benzene rings is 1. The van der Waals surface area contributed by atoms with Gasteiger partial charge >= 0.3 is 5.97 Å². The fraction of sp³-hybridized carbons (Fsp3) is 0.533. The number of carboxylic acid groups (broad SMARTS) is 1. The van der Waals surface area contributed by atoms with Crippen LogP contribution in [0.2, 0.25) is 0 Å². The summed E-state index contributed by atoms with van der Waals surface area (Å²) in [6.45, 7) is 9.40. The molecular formula is C15H22FN3O2. The zero-order valence-electron chi connectivity index (χ0n) is 12.7. The van der Waals surface area contributed by atoms with E-state index in [1.807, 2.05) is 4.90 Å². The summed E-state index contributed by atoms with van der Waals surface area (Å²) in [7, 11) is 0. The fourth-order valence-corrected chi connectivity index (χ4v) is 2.62. The predicted octanol–water partition coefficient (Wildman–Crippen LogP) is 2.03. The van der Waals surface area contributed by atoms with Crippen molar-refractivity contribution in [2.24, 2.45) is 0 Å². The number of hydrogen-bond acceptors (Lipinski definition) is 4. The van der Waals surface area contributed by atoms with E-state index < -0.39 is 11.8 Å². The van der Waals surface area contributed by atoms with Crippen molar-refractivity contribution in [3.63, 3.8) is 0 Å². The Hall–Kier alpha value is -1.82. The first-order chi connectivity index (χ1) is 9.70. The monoisotopic (exact) mass is 295 g/mol. The number of hydrogen-bond donors (Lipinski definition) is 2. The molecule has 1 aromatic rings. The molecule has 1 fully saturated rings. The molecule has 1 aromatic carbocycles. The Bertz CT molecular complexity index is 547. The van der Waals surface area contributed by atoms with Crippen molar-refractivity contribution in [2.45, 2.75) is 26.3 Å². The SMILES string of the molecule is CC(C)(C)N1CCN(c2cc(C(=O)O)c(N)cc2F)CC1. The maximum absolute atomic E-state index is 14.1. The van der Waals surface area contributed by atoms with Crippen LogP contribution in [0, 0.1) is 5.82 Å². The number of carboxylic acids is 1. The number of carbonyl (C=O) groups is 1. The van der Waals surface area contributed by atoms with Gasteiger partial charge in [0.15, 0.2) is 0 Å². The van der Waals surface area contributed by atoms with E-state index in [1.165, 1.54) is 6.07 Å². The molecule has 0 atom stereocenters. The van der Waals surface area contributed by atoms with Gasteiger partial charge in [-0.15, -0.1) is 0 Å². The maximum atomic E-state index is 14.1. The Morgan fingerprint density at radius 2 is 1.81 bits per heavy atom.